The van der Waals surface area contributed by atoms with Crippen LogP contribution in [0.15, 0.2) is 35.0 Å². The fourth-order valence-electron chi connectivity index (χ4n) is 2.79. The van der Waals surface area contributed by atoms with E-state index in [0.717, 1.165) is 19.4 Å². The largest absolute Gasteiger partial charge is 0.340 e. The Morgan fingerprint density at radius 1 is 1.27 bits per heavy atom. The van der Waals surface area contributed by atoms with Crippen molar-refractivity contribution in [2.24, 2.45) is 0 Å². The van der Waals surface area contributed by atoms with E-state index in [-0.39, 0.29) is 17.9 Å². The van der Waals surface area contributed by atoms with Crippen LogP contribution in [0.4, 0.5) is 0 Å². The van der Waals surface area contributed by atoms with Gasteiger partial charge in [-0.3, -0.25) is 9.59 Å². The molecule has 6 heteroatoms. The van der Waals surface area contributed by atoms with Crippen molar-refractivity contribution in [3.8, 4) is 0 Å². The van der Waals surface area contributed by atoms with E-state index in [1.807, 2.05) is 27.8 Å². The van der Waals surface area contributed by atoms with Crippen molar-refractivity contribution in [3.05, 3.63) is 44.8 Å². The Kier molecular flexibility index (Phi) is 4.59. The molecule has 2 aromatic heterocycles. The highest BCUT2D eigenvalue weighted by Gasteiger charge is 2.33. The number of nitrogens with zero attached hydrogens (tertiary/aromatic N) is 1. The van der Waals surface area contributed by atoms with E-state index in [1.54, 1.807) is 24.3 Å². The predicted octanol–water partition coefficient (Wildman–Crippen LogP) is 3.29. The van der Waals surface area contributed by atoms with Crippen molar-refractivity contribution in [2.45, 2.75) is 31.8 Å². The highest BCUT2D eigenvalue weighted by Crippen LogP contribution is 2.34. The first-order chi connectivity index (χ1) is 10.7. The van der Waals surface area contributed by atoms with Crippen LogP contribution in [0.5, 0.6) is 0 Å². The predicted molar refractivity (Wildman–Crippen MR) is 89.3 cm³/mol. The quantitative estimate of drug-likeness (QED) is 0.933. The zero-order valence-corrected chi connectivity index (χ0v) is 14.0. The molecule has 4 nitrogen and oxygen atoms in total. The van der Waals surface area contributed by atoms with Gasteiger partial charge in [-0.2, -0.15) is 0 Å². The van der Waals surface area contributed by atoms with E-state index in [2.05, 4.69) is 11.4 Å². The van der Waals surface area contributed by atoms with E-state index in [0.29, 0.717) is 4.88 Å². The third-order valence-corrected chi connectivity index (χ3v) is 5.71. The number of hydrogen-bond acceptors (Lipinski definition) is 4. The number of amides is 2. The van der Waals surface area contributed by atoms with Crippen LogP contribution < -0.4 is 5.32 Å². The maximum absolute atomic E-state index is 12.7. The summed E-state index contributed by atoms with van der Waals surface area (Å²) >= 11 is 3.07. The first kappa shape index (κ1) is 15.2. The smallest absolute Gasteiger partial charge is 0.261 e. The number of thiophene rings is 2. The van der Waals surface area contributed by atoms with Crippen molar-refractivity contribution in [1.82, 2.24) is 10.2 Å². The Bertz CT molecular complexity index is 637. The van der Waals surface area contributed by atoms with Crippen molar-refractivity contribution >= 4 is 34.5 Å². The Morgan fingerprint density at radius 2 is 2.05 bits per heavy atom. The van der Waals surface area contributed by atoms with Gasteiger partial charge in [0.1, 0.15) is 6.04 Å². The first-order valence-corrected chi connectivity index (χ1v) is 9.11. The molecule has 1 N–H and O–H groups in total. The average molecular weight is 334 g/mol. The molecule has 0 aliphatic carbocycles. The summed E-state index contributed by atoms with van der Waals surface area (Å²) in [6.45, 7) is 2.53. The van der Waals surface area contributed by atoms with Crippen LogP contribution >= 0.6 is 22.7 Å². The monoisotopic (exact) mass is 334 g/mol. The van der Waals surface area contributed by atoms with Crippen molar-refractivity contribution in [2.75, 3.05) is 6.54 Å². The van der Waals surface area contributed by atoms with Crippen molar-refractivity contribution < 1.29 is 9.59 Å². The lowest BCUT2D eigenvalue weighted by molar-refractivity contribution is -0.133. The van der Waals surface area contributed by atoms with Crippen LogP contribution in [0.25, 0.3) is 0 Å². The maximum atomic E-state index is 12.7. The lowest BCUT2D eigenvalue weighted by atomic mass is 10.1. The normalized spacial score (nSPS) is 19.1. The maximum Gasteiger partial charge on any atom is 0.261 e. The van der Waals surface area contributed by atoms with Gasteiger partial charge in [-0.15, -0.1) is 22.7 Å². The SMILES string of the molecule is CC(NC(=O)c1cccs1)C(=O)N1CCCC1c1cccs1. The summed E-state index contributed by atoms with van der Waals surface area (Å²) in [6, 6.07) is 7.35. The summed E-state index contributed by atoms with van der Waals surface area (Å²) < 4.78 is 0. The van der Waals surface area contributed by atoms with Crippen LogP contribution in [0, 0.1) is 0 Å². The summed E-state index contributed by atoms with van der Waals surface area (Å²) in [5.74, 6) is -0.177. The topological polar surface area (TPSA) is 49.4 Å². The van der Waals surface area contributed by atoms with E-state index < -0.39 is 6.04 Å². The number of likely N-dealkylation sites (tertiary alicyclic amines) is 1. The van der Waals surface area contributed by atoms with E-state index in [1.165, 1.54) is 16.2 Å². The number of carbonyl (C=O) groups excluding carboxylic acids is 2. The van der Waals surface area contributed by atoms with Gasteiger partial charge in [0.05, 0.1) is 10.9 Å². The minimum Gasteiger partial charge on any atom is -0.340 e. The molecular weight excluding hydrogens is 316 g/mol. The number of nitrogens with one attached hydrogen (secondary N) is 1. The van der Waals surface area contributed by atoms with Gasteiger partial charge in [0, 0.05) is 11.4 Å². The van der Waals surface area contributed by atoms with Crippen LogP contribution in [0.1, 0.15) is 40.4 Å². The standard InChI is InChI=1S/C16H18N2O2S2/c1-11(17-15(19)14-7-4-10-22-14)16(20)18-8-2-5-12(18)13-6-3-9-21-13/h3-4,6-7,9-12H,2,5,8H2,1H3,(H,17,19). The zero-order chi connectivity index (χ0) is 15.5. The molecule has 3 rings (SSSR count). The highest BCUT2D eigenvalue weighted by atomic mass is 32.1. The summed E-state index contributed by atoms with van der Waals surface area (Å²) in [4.78, 5) is 28.5. The molecule has 2 aromatic rings. The van der Waals surface area contributed by atoms with Crippen LogP contribution in [0.3, 0.4) is 0 Å². The molecule has 0 aromatic carbocycles. The molecule has 0 radical (unpaired) electrons. The number of carbonyl (C=O) groups is 2. The van der Waals surface area contributed by atoms with Gasteiger partial charge in [-0.05, 0) is 42.7 Å². The van der Waals surface area contributed by atoms with Gasteiger partial charge in [-0.25, -0.2) is 0 Å². The summed E-state index contributed by atoms with van der Waals surface area (Å²) in [5.41, 5.74) is 0. The second kappa shape index (κ2) is 6.62. The molecule has 3 heterocycles. The van der Waals surface area contributed by atoms with Crippen LogP contribution in [-0.2, 0) is 4.79 Å². The fourth-order valence-corrected chi connectivity index (χ4v) is 4.29. The van der Waals surface area contributed by atoms with Gasteiger partial charge in [0.25, 0.3) is 5.91 Å². The second-order valence-electron chi connectivity index (χ2n) is 5.38. The molecular formula is C16H18N2O2S2. The van der Waals surface area contributed by atoms with E-state index in [4.69, 9.17) is 0 Å². The van der Waals surface area contributed by atoms with Crippen molar-refractivity contribution in [3.63, 3.8) is 0 Å². The molecule has 2 atom stereocenters. The van der Waals surface area contributed by atoms with E-state index >= 15 is 0 Å². The molecule has 0 saturated carbocycles. The summed E-state index contributed by atoms with van der Waals surface area (Å²) in [5, 5.41) is 6.70. The molecule has 2 amide bonds. The third-order valence-electron chi connectivity index (χ3n) is 3.87. The summed E-state index contributed by atoms with van der Waals surface area (Å²) in [6.07, 6.45) is 2.01. The molecule has 1 aliphatic rings. The zero-order valence-electron chi connectivity index (χ0n) is 12.3. The molecule has 0 spiro atoms. The number of hydrogen-bond donors (Lipinski definition) is 1. The lowest BCUT2D eigenvalue weighted by Crippen LogP contribution is -2.46. The minimum atomic E-state index is -0.504. The molecule has 1 aliphatic heterocycles. The Morgan fingerprint density at radius 3 is 2.73 bits per heavy atom. The number of rotatable bonds is 4. The van der Waals surface area contributed by atoms with Crippen LogP contribution in [-0.4, -0.2) is 29.3 Å². The van der Waals surface area contributed by atoms with Gasteiger partial charge < -0.3 is 10.2 Å². The van der Waals surface area contributed by atoms with Gasteiger partial charge in [-0.1, -0.05) is 12.1 Å². The molecule has 2 unspecified atom stereocenters. The molecule has 22 heavy (non-hydrogen) atoms. The molecule has 116 valence electrons. The fraction of sp³-hybridized carbons (Fsp3) is 0.375. The highest BCUT2D eigenvalue weighted by molar-refractivity contribution is 7.12. The van der Waals surface area contributed by atoms with Gasteiger partial charge in [0.2, 0.25) is 5.91 Å². The minimum absolute atomic E-state index is 0.000746. The lowest BCUT2D eigenvalue weighted by Gasteiger charge is -2.27. The van der Waals surface area contributed by atoms with Gasteiger partial charge >= 0.3 is 0 Å². The molecule has 1 fully saturated rings. The third kappa shape index (κ3) is 3.08. The Hall–Kier alpha value is -1.66. The van der Waals surface area contributed by atoms with Crippen molar-refractivity contribution in [1.29, 1.82) is 0 Å². The molecule has 1 saturated heterocycles. The average Bonchev–Trinajstić information content (AvgIpc) is 3.26. The van der Waals surface area contributed by atoms with Crippen LogP contribution in [0.2, 0.25) is 0 Å². The Balaban J connectivity index is 1.66. The Labute approximate surface area is 137 Å². The molecule has 0 bridgehead atoms. The van der Waals surface area contributed by atoms with Gasteiger partial charge in [0.15, 0.2) is 0 Å². The second-order valence-corrected chi connectivity index (χ2v) is 7.30. The first-order valence-electron chi connectivity index (χ1n) is 7.35. The van der Waals surface area contributed by atoms with E-state index in [9.17, 15) is 9.59 Å². The summed E-state index contributed by atoms with van der Waals surface area (Å²) in [7, 11) is 0.